The van der Waals surface area contributed by atoms with Crippen LogP contribution in [0.15, 0.2) is 0 Å². The van der Waals surface area contributed by atoms with Crippen LogP contribution in [-0.4, -0.2) is 23.7 Å². The molecule has 2 saturated carbocycles. The molecular formula is C11H19NO2. The van der Waals surface area contributed by atoms with Gasteiger partial charge >= 0.3 is 0 Å². The summed E-state index contributed by atoms with van der Waals surface area (Å²) in [6, 6.07) is -0.0925. The van der Waals surface area contributed by atoms with E-state index in [1.807, 2.05) is 6.92 Å². The highest BCUT2D eigenvalue weighted by Crippen LogP contribution is 2.55. The minimum absolute atomic E-state index is 0.0355. The molecule has 0 aromatic carbocycles. The first kappa shape index (κ1) is 9.97. The normalized spacial score (nSPS) is 37.1. The Kier molecular flexibility index (Phi) is 2.77. The zero-order valence-corrected chi connectivity index (χ0v) is 8.70. The quantitative estimate of drug-likeness (QED) is 0.707. The Bertz CT molecular complexity index is 217. The summed E-state index contributed by atoms with van der Waals surface area (Å²) in [5.41, 5.74) is 0. The average molecular weight is 197 g/mol. The molecule has 1 amide bonds. The predicted molar refractivity (Wildman–Crippen MR) is 53.6 cm³/mol. The highest BCUT2D eigenvalue weighted by Gasteiger charge is 2.54. The first-order chi connectivity index (χ1) is 6.74. The van der Waals surface area contributed by atoms with Crippen LogP contribution in [0.3, 0.4) is 0 Å². The molecule has 0 spiro atoms. The molecule has 0 aliphatic heterocycles. The second-order valence-corrected chi connectivity index (χ2v) is 4.73. The van der Waals surface area contributed by atoms with Crippen LogP contribution in [0.25, 0.3) is 0 Å². The summed E-state index contributed by atoms with van der Waals surface area (Å²) >= 11 is 0. The molecule has 80 valence electrons. The van der Waals surface area contributed by atoms with Gasteiger partial charge in [-0.15, -0.1) is 0 Å². The second-order valence-electron chi connectivity index (χ2n) is 4.73. The molecule has 2 rings (SSSR count). The number of nitrogens with one attached hydrogen (secondary N) is 1. The lowest BCUT2D eigenvalue weighted by molar-refractivity contribution is -0.123. The third kappa shape index (κ3) is 1.78. The van der Waals surface area contributed by atoms with Crippen molar-refractivity contribution in [3.8, 4) is 0 Å². The van der Waals surface area contributed by atoms with Crippen molar-refractivity contribution in [1.29, 1.82) is 0 Å². The van der Waals surface area contributed by atoms with E-state index in [0.29, 0.717) is 11.8 Å². The van der Waals surface area contributed by atoms with Crippen LogP contribution in [-0.2, 0) is 4.79 Å². The van der Waals surface area contributed by atoms with Gasteiger partial charge in [0.1, 0.15) is 0 Å². The molecule has 0 aromatic rings. The van der Waals surface area contributed by atoms with E-state index < -0.39 is 0 Å². The molecule has 2 unspecified atom stereocenters. The molecule has 2 aliphatic carbocycles. The van der Waals surface area contributed by atoms with Gasteiger partial charge in [-0.2, -0.15) is 0 Å². The molecule has 0 aromatic heterocycles. The molecule has 3 heteroatoms. The number of amides is 1. The summed E-state index contributed by atoms with van der Waals surface area (Å²) in [5, 5.41) is 11.7. The number of carbonyl (C=O) groups excluding carboxylic acids is 1. The van der Waals surface area contributed by atoms with Crippen LogP contribution in [0.2, 0.25) is 0 Å². The molecule has 3 nitrogen and oxygen atoms in total. The summed E-state index contributed by atoms with van der Waals surface area (Å²) in [5.74, 6) is 1.76. The van der Waals surface area contributed by atoms with Gasteiger partial charge in [-0.25, -0.2) is 0 Å². The van der Waals surface area contributed by atoms with Crippen molar-refractivity contribution in [3.05, 3.63) is 0 Å². The summed E-state index contributed by atoms with van der Waals surface area (Å²) < 4.78 is 0. The van der Waals surface area contributed by atoms with Crippen molar-refractivity contribution in [2.45, 2.75) is 38.6 Å². The topological polar surface area (TPSA) is 49.3 Å². The van der Waals surface area contributed by atoms with Gasteiger partial charge in [-0.05, 0) is 31.6 Å². The lowest BCUT2D eigenvalue weighted by Crippen LogP contribution is -2.36. The van der Waals surface area contributed by atoms with Crippen molar-refractivity contribution < 1.29 is 9.90 Å². The average Bonchev–Trinajstić information content (AvgIpc) is 2.91. The van der Waals surface area contributed by atoms with Crippen LogP contribution < -0.4 is 5.32 Å². The van der Waals surface area contributed by atoms with Crippen molar-refractivity contribution in [1.82, 2.24) is 5.32 Å². The predicted octanol–water partition coefficient (Wildman–Crippen LogP) is 0.920. The second kappa shape index (κ2) is 3.89. The lowest BCUT2D eigenvalue weighted by atomic mass is 10.0. The summed E-state index contributed by atoms with van der Waals surface area (Å²) in [4.78, 5) is 11.7. The fraction of sp³-hybridized carbons (Fsp3) is 0.909. The Morgan fingerprint density at radius 3 is 2.50 bits per heavy atom. The SMILES string of the molecule is C[C@H](CO)NC(=O)C1C2CCCCC21. The van der Waals surface area contributed by atoms with Gasteiger partial charge in [0.05, 0.1) is 6.61 Å². The Hall–Kier alpha value is -0.570. The van der Waals surface area contributed by atoms with E-state index in [0.717, 1.165) is 0 Å². The first-order valence-corrected chi connectivity index (χ1v) is 5.65. The van der Waals surface area contributed by atoms with E-state index >= 15 is 0 Å². The first-order valence-electron chi connectivity index (χ1n) is 5.65. The summed E-state index contributed by atoms with van der Waals surface area (Å²) in [6.07, 6.45) is 5.05. The maximum absolute atomic E-state index is 11.7. The number of carbonyl (C=O) groups is 1. The number of rotatable bonds is 3. The monoisotopic (exact) mass is 197 g/mol. The van der Waals surface area contributed by atoms with Crippen LogP contribution in [0.5, 0.6) is 0 Å². The molecular weight excluding hydrogens is 178 g/mol. The van der Waals surface area contributed by atoms with Gasteiger partial charge in [0.2, 0.25) is 5.91 Å². The third-order valence-electron chi connectivity index (χ3n) is 3.62. The number of aliphatic hydroxyl groups excluding tert-OH is 1. The van der Waals surface area contributed by atoms with Gasteiger partial charge in [-0.1, -0.05) is 12.8 Å². The maximum Gasteiger partial charge on any atom is 0.223 e. The van der Waals surface area contributed by atoms with Crippen molar-refractivity contribution in [2.75, 3.05) is 6.61 Å². The van der Waals surface area contributed by atoms with E-state index in [2.05, 4.69) is 5.32 Å². The van der Waals surface area contributed by atoms with E-state index in [4.69, 9.17) is 5.11 Å². The van der Waals surface area contributed by atoms with E-state index in [1.54, 1.807) is 0 Å². The van der Waals surface area contributed by atoms with E-state index in [1.165, 1.54) is 25.7 Å². The highest BCUT2D eigenvalue weighted by molar-refractivity contribution is 5.82. The Morgan fingerprint density at radius 1 is 1.43 bits per heavy atom. The van der Waals surface area contributed by atoms with Gasteiger partial charge in [0, 0.05) is 12.0 Å². The molecule has 2 N–H and O–H groups in total. The fourth-order valence-electron chi connectivity index (χ4n) is 2.77. The molecule has 0 heterocycles. The maximum atomic E-state index is 11.7. The summed E-state index contributed by atoms with van der Waals surface area (Å²) in [7, 11) is 0. The van der Waals surface area contributed by atoms with E-state index in [-0.39, 0.29) is 24.5 Å². The molecule has 14 heavy (non-hydrogen) atoms. The standard InChI is InChI=1S/C11H19NO2/c1-7(6-13)12-11(14)10-8-4-2-3-5-9(8)10/h7-10,13H,2-6H2,1H3,(H,12,14)/t7-,8?,9?,10?/m1/s1. The van der Waals surface area contributed by atoms with Crippen LogP contribution >= 0.6 is 0 Å². The lowest BCUT2D eigenvalue weighted by Gasteiger charge is -2.10. The molecule has 2 aliphatic rings. The highest BCUT2D eigenvalue weighted by atomic mass is 16.3. The third-order valence-corrected chi connectivity index (χ3v) is 3.62. The number of hydrogen-bond acceptors (Lipinski definition) is 2. The van der Waals surface area contributed by atoms with Crippen molar-refractivity contribution in [2.24, 2.45) is 17.8 Å². The van der Waals surface area contributed by atoms with Crippen molar-refractivity contribution >= 4 is 5.91 Å². The molecule has 0 saturated heterocycles. The van der Waals surface area contributed by atoms with Gasteiger partial charge < -0.3 is 10.4 Å². The Morgan fingerprint density at radius 2 is 2.00 bits per heavy atom. The largest absolute Gasteiger partial charge is 0.394 e. The van der Waals surface area contributed by atoms with Crippen LogP contribution in [0.4, 0.5) is 0 Å². The van der Waals surface area contributed by atoms with Gasteiger partial charge in [-0.3, -0.25) is 4.79 Å². The minimum atomic E-state index is -0.0925. The Balaban J connectivity index is 1.82. The fourth-order valence-corrected chi connectivity index (χ4v) is 2.77. The zero-order chi connectivity index (χ0) is 10.1. The number of aliphatic hydroxyl groups is 1. The molecule has 3 atom stereocenters. The zero-order valence-electron chi connectivity index (χ0n) is 8.70. The smallest absolute Gasteiger partial charge is 0.223 e. The number of hydrogen-bond donors (Lipinski definition) is 2. The minimum Gasteiger partial charge on any atom is -0.394 e. The Labute approximate surface area is 84.9 Å². The van der Waals surface area contributed by atoms with Gasteiger partial charge in [0.15, 0.2) is 0 Å². The number of fused-ring (bicyclic) bond motifs is 1. The summed E-state index contributed by atoms with van der Waals surface area (Å²) in [6.45, 7) is 1.87. The molecule has 0 bridgehead atoms. The van der Waals surface area contributed by atoms with Crippen molar-refractivity contribution in [3.63, 3.8) is 0 Å². The van der Waals surface area contributed by atoms with Crippen LogP contribution in [0, 0.1) is 17.8 Å². The van der Waals surface area contributed by atoms with E-state index in [9.17, 15) is 4.79 Å². The molecule has 2 fully saturated rings. The van der Waals surface area contributed by atoms with Crippen LogP contribution in [0.1, 0.15) is 32.6 Å². The molecule has 0 radical (unpaired) electrons. The van der Waals surface area contributed by atoms with Gasteiger partial charge in [0.25, 0.3) is 0 Å².